The van der Waals surface area contributed by atoms with E-state index in [-0.39, 0.29) is 0 Å². The van der Waals surface area contributed by atoms with E-state index in [4.69, 9.17) is 5.73 Å². The predicted molar refractivity (Wildman–Crippen MR) is 74.1 cm³/mol. The second kappa shape index (κ2) is 6.94. The van der Waals surface area contributed by atoms with Gasteiger partial charge in [-0.05, 0) is 31.4 Å². The highest BCUT2D eigenvalue weighted by Crippen LogP contribution is 2.10. The highest BCUT2D eigenvalue weighted by molar-refractivity contribution is 5.78. The average Bonchev–Trinajstić information content (AvgIpc) is 2.38. The fraction of sp³-hybridized carbons (Fsp3) is 0.500. The molecule has 1 aromatic carbocycles. The summed E-state index contributed by atoms with van der Waals surface area (Å²) in [5.74, 6) is 0.640. The van der Waals surface area contributed by atoms with Gasteiger partial charge in [-0.3, -0.25) is 0 Å². The first-order chi connectivity index (χ1) is 8.22. The van der Waals surface area contributed by atoms with Crippen LogP contribution in [0, 0.1) is 0 Å². The van der Waals surface area contributed by atoms with Gasteiger partial charge >= 0.3 is 0 Å². The van der Waals surface area contributed by atoms with Crippen LogP contribution in [0.1, 0.15) is 31.9 Å². The Hall–Kier alpha value is -1.51. The van der Waals surface area contributed by atoms with Gasteiger partial charge in [0.1, 0.15) is 0 Å². The van der Waals surface area contributed by atoms with Crippen LogP contribution in [-0.4, -0.2) is 23.9 Å². The van der Waals surface area contributed by atoms with Gasteiger partial charge in [-0.25, -0.2) is 4.99 Å². The van der Waals surface area contributed by atoms with Crippen molar-refractivity contribution in [1.82, 2.24) is 4.90 Å². The minimum Gasteiger partial charge on any atom is -0.370 e. The van der Waals surface area contributed by atoms with Gasteiger partial charge in [0.2, 0.25) is 0 Å². The summed E-state index contributed by atoms with van der Waals surface area (Å²) >= 11 is 0. The van der Waals surface area contributed by atoms with Crippen LogP contribution in [0.4, 0.5) is 0 Å². The van der Waals surface area contributed by atoms with Gasteiger partial charge in [-0.1, -0.05) is 31.2 Å². The number of aliphatic imine (C=N–C) groups is 1. The van der Waals surface area contributed by atoms with Gasteiger partial charge in [0.15, 0.2) is 5.96 Å². The number of hydrogen-bond acceptors (Lipinski definition) is 1. The molecule has 0 spiro atoms. The van der Waals surface area contributed by atoms with Crippen molar-refractivity contribution in [2.45, 2.75) is 33.7 Å². The van der Waals surface area contributed by atoms with E-state index in [2.05, 4.69) is 54.9 Å². The third-order valence-corrected chi connectivity index (χ3v) is 3.00. The molecule has 0 saturated carbocycles. The largest absolute Gasteiger partial charge is 0.370 e. The molecular formula is C14H23N3. The quantitative estimate of drug-likeness (QED) is 0.627. The summed E-state index contributed by atoms with van der Waals surface area (Å²) in [4.78, 5) is 6.53. The molecule has 0 unspecified atom stereocenters. The first kappa shape index (κ1) is 13.6. The van der Waals surface area contributed by atoms with Crippen LogP contribution in [0.5, 0.6) is 0 Å². The lowest BCUT2D eigenvalue weighted by molar-refractivity contribution is 0.458. The Kier molecular flexibility index (Phi) is 5.53. The fourth-order valence-corrected chi connectivity index (χ4v) is 1.87. The van der Waals surface area contributed by atoms with Crippen molar-refractivity contribution < 1.29 is 0 Å². The van der Waals surface area contributed by atoms with Crippen LogP contribution in [0.3, 0.4) is 0 Å². The summed E-state index contributed by atoms with van der Waals surface area (Å²) < 4.78 is 0. The lowest BCUT2D eigenvalue weighted by atomic mass is 10.1. The molecular weight excluding hydrogens is 210 g/mol. The molecule has 94 valence electrons. The average molecular weight is 233 g/mol. The van der Waals surface area contributed by atoms with Crippen LogP contribution in [0.2, 0.25) is 0 Å². The maximum absolute atomic E-state index is 5.95. The number of nitrogens with two attached hydrogens (primary N) is 1. The number of guanidine groups is 1. The second-order valence-corrected chi connectivity index (χ2v) is 3.97. The summed E-state index contributed by atoms with van der Waals surface area (Å²) in [5.41, 5.74) is 8.57. The van der Waals surface area contributed by atoms with E-state index in [1.807, 2.05) is 0 Å². The zero-order chi connectivity index (χ0) is 12.7. The standard InChI is InChI=1S/C14H23N3/c1-4-12-9-7-8-10-13(12)11-16-14(15)17(5-2)6-3/h7-10H,4-6,11H2,1-3H3,(H2,15,16). The van der Waals surface area contributed by atoms with Gasteiger partial charge in [0.05, 0.1) is 6.54 Å². The minimum atomic E-state index is 0.640. The topological polar surface area (TPSA) is 41.6 Å². The van der Waals surface area contributed by atoms with Crippen molar-refractivity contribution in [3.8, 4) is 0 Å². The Morgan fingerprint density at radius 1 is 1.12 bits per heavy atom. The lowest BCUT2D eigenvalue weighted by Crippen LogP contribution is -2.37. The Balaban J connectivity index is 2.74. The number of hydrogen-bond donors (Lipinski definition) is 1. The van der Waals surface area contributed by atoms with Crippen molar-refractivity contribution in [2.75, 3.05) is 13.1 Å². The van der Waals surface area contributed by atoms with Crippen molar-refractivity contribution in [1.29, 1.82) is 0 Å². The molecule has 0 bridgehead atoms. The SMILES string of the molecule is CCc1ccccc1CN=C(N)N(CC)CC. The van der Waals surface area contributed by atoms with Crippen molar-refractivity contribution in [3.05, 3.63) is 35.4 Å². The van der Waals surface area contributed by atoms with E-state index in [1.54, 1.807) is 0 Å². The summed E-state index contributed by atoms with van der Waals surface area (Å²) in [7, 11) is 0. The van der Waals surface area contributed by atoms with E-state index in [0.29, 0.717) is 12.5 Å². The van der Waals surface area contributed by atoms with Gasteiger partial charge in [-0.2, -0.15) is 0 Å². The van der Waals surface area contributed by atoms with Crippen molar-refractivity contribution in [2.24, 2.45) is 10.7 Å². The normalized spacial score (nSPS) is 11.6. The maximum Gasteiger partial charge on any atom is 0.191 e. The first-order valence-electron chi connectivity index (χ1n) is 6.34. The van der Waals surface area contributed by atoms with Crippen LogP contribution < -0.4 is 5.73 Å². The molecule has 0 aliphatic rings. The zero-order valence-corrected chi connectivity index (χ0v) is 11.1. The van der Waals surface area contributed by atoms with E-state index in [0.717, 1.165) is 19.5 Å². The molecule has 0 heterocycles. The first-order valence-corrected chi connectivity index (χ1v) is 6.34. The Morgan fingerprint density at radius 3 is 2.24 bits per heavy atom. The minimum absolute atomic E-state index is 0.640. The fourth-order valence-electron chi connectivity index (χ4n) is 1.87. The van der Waals surface area contributed by atoms with E-state index in [9.17, 15) is 0 Å². The van der Waals surface area contributed by atoms with Gasteiger partial charge in [-0.15, -0.1) is 0 Å². The molecule has 0 fully saturated rings. The molecule has 0 atom stereocenters. The molecule has 0 aliphatic carbocycles. The third kappa shape index (κ3) is 3.77. The van der Waals surface area contributed by atoms with Crippen molar-refractivity contribution >= 4 is 5.96 Å². The monoisotopic (exact) mass is 233 g/mol. The molecule has 2 N–H and O–H groups in total. The molecule has 3 heteroatoms. The number of benzene rings is 1. The summed E-state index contributed by atoms with van der Waals surface area (Å²) in [6.45, 7) is 8.82. The number of nitrogens with zero attached hydrogens (tertiary/aromatic N) is 2. The van der Waals surface area contributed by atoms with E-state index in [1.165, 1.54) is 11.1 Å². The Bertz CT molecular complexity index is 367. The highest BCUT2D eigenvalue weighted by Gasteiger charge is 2.03. The molecule has 1 rings (SSSR count). The molecule has 1 aromatic rings. The highest BCUT2D eigenvalue weighted by atomic mass is 15.2. The molecule has 0 aromatic heterocycles. The molecule has 0 saturated heterocycles. The number of aryl methyl sites for hydroxylation is 1. The van der Waals surface area contributed by atoms with Crippen molar-refractivity contribution in [3.63, 3.8) is 0 Å². The Morgan fingerprint density at radius 2 is 1.71 bits per heavy atom. The van der Waals surface area contributed by atoms with Crippen LogP contribution >= 0.6 is 0 Å². The van der Waals surface area contributed by atoms with Gasteiger partial charge < -0.3 is 10.6 Å². The van der Waals surface area contributed by atoms with Crippen LogP contribution in [-0.2, 0) is 13.0 Å². The van der Waals surface area contributed by atoms with Crippen LogP contribution in [0.25, 0.3) is 0 Å². The summed E-state index contributed by atoms with van der Waals surface area (Å²) in [5, 5.41) is 0. The zero-order valence-electron chi connectivity index (χ0n) is 11.1. The second-order valence-electron chi connectivity index (χ2n) is 3.97. The van der Waals surface area contributed by atoms with Gasteiger partial charge in [0.25, 0.3) is 0 Å². The molecule has 0 aliphatic heterocycles. The smallest absolute Gasteiger partial charge is 0.191 e. The predicted octanol–water partition coefficient (Wildman–Crippen LogP) is 2.41. The third-order valence-electron chi connectivity index (χ3n) is 3.00. The Labute approximate surface area is 104 Å². The molecule has 17 heavy (non-hydrogen) atoms. The van der Waals surface area contributed by atoms with E-state index >= 15 is 0 Å². The summed E-state index contributed by atoms with van der Waals surface area (Å²) in [6, 6.07) is 8.40. The van der Waals surface area contributed by atoms with Crippen LogP contribution in [0.15, 0.2) is 29.3 Å². The lowest BCUT2D eigenvalue weighted by Gasteiger charge is -2.19. The van der Waals surface area contributed by atoms with E-state index < -0.39 is 0 Å². The molecule has 3 nitrogen and oxygen atoms in total. The van der Waals surface area contributed by atoms with Gasteiger partial charge in [0, 0.05) is 13.1 Å². The molecule has 0 radical (unpaired) electrons. The molecule has 0 amide bonds. The maximum atomic E-state index is 5.95. The summed E-state index contributed by atoms with van der Waals surface area (Å²) in [6.07, 6.45) is 1.04. The number of rotatable bonds is 5.